The van der Waals surface area contributed by atoms with Crippen LogP contribution in [0.1, 0.15) is 38.4 Å². The highest BCUT2D eigenvalue weighted by Gasteiger charge is 2.58. The molecule has 0 spiro atoms. The summed E-state index contributed by atoms with van der Waals surface area (Å²) in [5.41, 5.74) is 1.70. The van der Waals surface area contributed by atoms with Crippen LogP contribution < -0.4 is 4.90 Å². The van der Waals surface area contributed by atoms with E-state index < -0.39 is 59.3 Å². The van der Waals surface area contributed by atoms with Crippen LogP contribution in [0.2, 0.25) is 0 Å². The molecule has 11 heteroatoms. The van der Waals surface area contributed by atoms with Gasteiger partial charge in [0.2, 0.25) is 11.8 Å². The second kappa shape index (κ2) is 8.83. The molecule has 186 valence electrons. The van der Waals surface area contributed by atoms with Crippen molar-refractivity contribution in [1.29, 1.82) is 0 Å². The van der Waals surface area contributed by atoms with Crippen LogP contribution in [-0.4, -0.2) is 34.0 Å². The number of aromatic hydroxyl groups is 1. The molecule has 0 aromatic heterocycles. The summed E-state index contributed by atoms with van der Waals surface area (Å²) in [4.78, 5) is 38.9. The number of nitro groups is 1. The number of rotatable bonds is 4. The number of halogens is 1. The van der Waals surface area contributed by atoms with E-state index >= 15 is 0 Å². The Morgan fingerprint density at radius 3 is 2.58 bits per heavy atom. The number of allylic oxidation sites excluding steroid dienone is 2. The Kier molecular flexibility index (Phi) is 5.92. The minimum atomic E-state index is -1.35. The zero-order valence-electron chi connectivity index (χ0n) is 19.6. The minimum absolute atomic E-state index is 0.0286. The number of nitrogens with zero attached hydrogens (tertiary/aromatic N) is 2. The van der Waals surface area contributed by atoms with Gasteiger partial charge in [0.15, 0.2) is 11.6 Å². The van der Waals surface area contributed by atoms with Crippen LogP contribution in [-0.2, 0) is 14.2 Å². The standard InChI is InChI=1S/C25H24BFN2O7/c1-12(2)16-10-18-22(25(32)28(24(18)31)14-4-3-5-15(9-14)29(34)35)17-11-21(36-26(33)23(16)17)13-6-7-20(30)19(27)8-13/h3-9,12,17-18,21-22,30,33H,10-11H2,1-2H3/t17-,18-,21-,22+/m0/s1. The summed E-state index contributed by atoms with van der Waals surface area (Å²) in [5, 5.41) is 31.8. The number of carbonyl (C=O) groups is 2. The Bertz CT molecular complexity index is 1310. The van der Waals surface area contributed by atoms with E-state index in [9.17, 15) is 34.2 Å². The molecule has 2 fully saturated rings. The number of carbonyl (C=O) groups excluding carboxylic acids is 2. The van der Waals surface area contributed by atoms with Gasteiger partial charge in [-0.3, -0.25) is 19.7 Å². The third-order valence-electron chi connectivity index (χ3n) is 7.49. The summed E-state index contributed by atoms with van der Waals surface area (Å²) in [6.45, 7) is 3.88. The van der Waals surface area contributed by atoms with Crippen molar-refractivity contribution in [3.8, 4) is 5.75 Å². The maximum absolute atomic E-state index is 14.1. The van der Waals surface area contributed by atoms with Crippen LogP contribution in [0.25, 0.3) is 0 Å². The van der Waals surface area contributed by atoms with E-state index in [0.717, 1.165) is 16.5 Å². The fourth-order valence-corrected chi connectivity index (χ4v) is 5.84. The molecular weight excluding hydrogens is 470 g/mol. The van der Waals surface area contributed by atoms with Crippen LogP contribution >= 0.6 is 0 Å². The summed E-state index contributed by atoms with van der Waals surface area (Å²) in [6, 6.07) is 9.21. The highest BCUT2D eigenvalue weighted by molar-refractivity contribution is 6.53. The number of amides is 2. The van der Waals surface area contributed by atoms with Gasteiger partial charge in [0.1, 0.15) is 0 Å². The number of benzene rings is 2. The maximum Gasteiger partial charge on any atom is 0.487 e. The van der Waals surface area contributed by atoms with Gasteiger partial charge in [-0.05, 0) is 53.9 Å². The van der Waals surface area contributed by atoms with E-state index in [1.807, 2.05) is 13.8 Å². The van der Waals surface area contributed by atoms with E-state index in [1.54, 1.807) is 0 Å². The molecule has 1 aliphatic carbocycles. The molecule has 2 N–H and O–H groups in total. The molecule has 2 saturated heterocycles. The van der Waals surface area contributed by atoms with Crippen LogP contribution in [0.15, 0.2) is 53.5 Å². The van der Waals surface area contributed by atoms with E-state index in [0.29, 0.717) is 11.0 Å². The zero-order chi connectivity index (χ0) is 25.9. The largest absolute Gasteiger partial charge is 0.505 e. The van der Waals surface area contributed by atoms with Gasteiger partial charge in [0, 0.05) is 12.1 Å². The lowest BCUT2D eigenvalue weighted by Crippen LogP contribution is -2.45. The molecule has 0 saturated carbocycles. The number of anilines is 1. The molecule has 0 unspecified atom stereocenters. The number of hydrogen-bond donors (Lipinski definition) is 2. The fourth-order valence-electron chi connectivity index (χ4n) is 5.84. The number of nitro benzene ring substituents is 1. The van der Waals surface area contributed by atoms with Crippen molar-refractivity contribution < 1.29 is 33.7 Å². The lowest BCUT2D eigenvalue weighted by Gasteiger charge is -2.43. The molecule has 2 aromatic rings. The molecule has 9 nitrogen and oxygen atoms in total. The number of phenols is 1. The molecule has 4 atom stereocenters. The number of imide groups is 1. The SMILES string of the molecule is CC(C)C1=C2B(O)O[C@H](c3ccc(O)c(F)c3)C[C@H]2[C@H]2C(=O)N(c3cccc([N+](=O)[O-])c3)C(=O)[C@H]2C1. The summed E-state index contributed by atoms with van der Waals surface area (Å²) in [6.07, 6.45) is -0.287. The molecule has 2 amide bonds. The van der Waals surface area contributed by atoms with Crippen molar-refractivity contribution in [1.82, 2.24) is 0 Å². The van der Waals surface area contributed by atoms with Crippen molar-refractivity contribution >= 4 is 30.3 Å². The van der Waals surface area contributed by atoms with E-state index in [-0.39, 0.29) is 30.1 Å². The third-order valence-corrected chi connectivity index (χ3v) is 7.49. The van der Waals surface area contributed by atoms with Gasteiger partial charge < -0.3 is 14.8 Å². The van der Waals surface area contributed by atoms with Crippen molar-refractivity contribution in [2.75, 3.05) is 4.90 Å². The Hall–Kier alpha value is -3.57. The first-order chi connectivity index (χ1) is 17.1. The van der Waals surface area contributed by atoms with Gasteiger partial charge in [0.25, 0.3) is 5.69 Å². The second-order valence-corrected chi connectivity index (χ2v) is 9.79. The highest BCUT2D eigenvalue weighted by Crippen LogP contribution is 2.53. The average Bonchev–Trinajstić information content (AvgIpc) is 3.09. The van der Waals surface area contributed by atoms with E-state index in [4.69, 9.17) is 4.65 Å². The quantitative estimate of drug-likeness (QED) is 0.287. The first-order valence-corrected chi connectivity index (χ1v) is 11.8. The Morgan fingerprint density at radius 1 is 1.17 bits per heavy atom. The Morgan fingerprint density at radius 2 is 1.92 bits per heavy atom. The van der Waals surface area contributed by atoms with Crippen LogP contribution in [0.4, 0.5) is 15.8 Å². The van der Waals surface area contributed by atoms with Gasteiger partial charge in [0.05, 0.1) is 28.6 Å². The molecule has 0 radical (unpaired) electrons. The molecule has 5 rings (SSSR count). The highest BCUT2D eigenvalue weighted by atomic mass is 19.1. The van der Waals surface area contributed by atoms with Crippen molar-refractivity contribution in [3.63, 3.8) is 0 Å². The first-order valence-electron chi connectivity index (χ1n) is 11.8. The molecule has 2 aliphatic heterocycles. The van der Waals surface area contributed by atoms with Gasteiger partial charge >= 0.3 is 7.12 Å². The van der Waals surface area contributed by atoms with Gasteiger partial charge in [-0.1, -0.05) is 31.6 Å². The van der Waals surface area contributed by atoms with Gasteiger partial charge in [-0.25, -0.2) is 9.29 Å². The maximum atomic E-state index is 14.1. The fraction of sp³-hybridized carbons (Fsp3) is 0.360. The monoisotopic (exact) mass is 494 g/mol. The average molecular weight is 494 g/mol. The molecule has 0 bridgehead atoms. The third kappa shape index (κ3) is 3.79. The number of hydrogen-bond acceptors (Lipinski definition) is 7. The van der Waals surface area contributed by atoms with Gasteiger partial charge in [-0.15, -0.1) is 0 Å². The molecule has 2 aromatic carbocycles. The summed E-state index contributed by atoms with van der Waals surface area (Å²) < 4.78 is 19.9. The number of fused-ring (bicyclic) bond motifs is 3. The number of non-ortho nitro benzene ring substituents is 1. The summed E-state index contributed by atoms with van der Waals surface area (Å²) in [5.74, 6) is -4.33. The first kappa shape index (κ1) is 24.1. The van der Waals surface area contributed by atoms with E-state index in [2.05, 4.69) is 0 Å². The molecule has 36 heavy (non-hydrogen) atoms. The predicted octanol–water partition coefficient (Wildman–Crippen LogP) is 3.70. The second-order valence-electron chi connectivity index (χ2n) is 9.79. The minimum Gasteiger partial charge on any atom is -0.505 e. The van der Waals surface area contributed by atoms with Crippen molar-refractivity contribution in [3.05, 3.63) is 75.0 Å². The number of phenolic OH excluding ortho intramolecular Hbond substituents is 1. The van der Waals surface area contributed by atoms with Crippen LogP contribution in [0.3, 0.4) is 0 Å². The summed E-state index contributed by atoms with van der Waals surface area (Å²) >= 11 is 0. The molecule has 2 heterocycles. The lowest BCUT2D eigenvalue weighted by molar-refractivity contribution is -0.384. The summed E-state index contributed by atoms with van der Waals surface area (Å²) in [7, 11) is -1.35. The van der Waals surface area contributed by atoms with Crippen molar-refractivity contribution in [2.24, 2.45) is 23.7 Å². The topological polar surface area (TPSA) is 130 Å². The van der Waals surface area contributed by atoms with Crippen LogP contribution in [0, 0.1) is 39.6 Å². The zero-order valence-corrected chi connectivity index (χ0v) is 19.6. The Balaban J connectivity index is 1.56. The van der Waals surface area contributed by atoms with E-state index in [1.165, 1.54) is 36.4 Å². The predicted molar refractivity (Wildman–Crippen MR) is 127 cm³/mol. The molecule has 3 aliphatic rings. The lowest BCUT2D eigenvalue weighted by atomic mass is 9.54. The molecular formula is C25H24BFN2O7. The van der Waals surface area contributed by atoms with Gasteiger partial charge in [-0.2, -0.15) is 0 Å². The normalized spacial score (nSPS) is 25.9. The smallest absolute Gasteiger partial charge is 0.487 e. The van der Waals surface area contributed by atoms with Crippen molar-refractivity contribution in [2.45, 2.75) is 32.8 Å². The Labute approximate surface area is 206 Å². The van der Waals surface area contributed by atoms with Crippen LogP contribution in [0.5, 0.6) is 5.75 Å².